The van der Waals surface area contributed by atoms with Crippen molar-refractivity contribution in [1.29, 1.82) is 0 Å². The maximum Gasteiger partial charge on any atom is 0.262 e. The third-order valence-electron chi connectivity index (χ3n) is 2.96. The van der Waals surface area contributed by atoms with Crippen LogP contribution in [0.25, 0.3) is 0 Å². The molecule has 20 heavy (non-hydrogen) atoms. The van der Waals surface area contributed by atoms with Crippen LogP contribution in [-0.4, -0.2) is 13.0 Å². The summed E-state index contributed by atoms with van der Waals surface area (Å²) in [5, 5.41) is 0. The second-order valence-corrected chi connectivity index (χ2v) is 5.60. The van der Waals surface area contributed by atoms with E-state index in [4.69, 9.17) is 0 Å². The van der Waals surface area contributed by atoms with Crippen molar-refractivity contribution in [2.24, 2.45) is 0 Å². The summed E-state index contributed by atoms with van der Waals surface area (Å²) >= 11 is 0. The van der Waals surface area contributed by atoms with Gasteiger partial charge in [0.2, 0.25) is 0 Å². The molecule has 1 rings (SSSR count). The number of hydrogen-bond donors (Lipinski definition) is 1. The summed E-state index contributed by atoms with van der Waals surface area (Å²) < 4.78 is 36.3. The molecule has 0 amide bonds. The van der Waals surface area contributed by atoms with Gasteiger partial charge in [-0.2, -0.15) is 0 Å². The quantitative estimate of drug-likeness (QED) is 0.425. The third-order valence-corrected chi connectivity index (χ3v) is 3.35. The molecule has 0 saturated heterocycles. The van der Waals surface area contributed by atoms with Crippen LogP contribution in [0.3, 0.4) is 0 Å². The zero-order chi connectivity index (χ0) is 14.1. The highest BCUT2D eigenvalue weighted by Crippen LogP contribution is 2.22. The van der Waals surface area contributed by atoms with E-state index in [2.05, 4.69) is 11.1 Å². The molecule has 0 unspecified atom stereocenters. The highest BCUT2D eigenvalue weighted by Gasteiger charge is 2.05. The predicted molar refractivity (Wildman–Crippen MR) is 79.8 cm³/mol. The molecule has 5 nitrogen and oxygen atoms in total. The van der Waals surface area contributed by atoms with Crippen molar-refractivity contribution in [3.8, 4) is 5.75 Å². The minimum absolute atomic E-state index is 0. The van der Waals surface area contributed by atoms with Gasteiger partial charge in [-0.25, -0.2) is 8.42 Å². The van der Waals surface area contributed by atoms with E-state index in [1.807, 2.05) is 6.07 Å². The van der Waals surface area contributed by atoms with Crippen molar-refractivity contribution in [1.82, 2.24) is 6.15 Å². The van der Waals surface area contributed by atoms with E-state index in [-0.39, 0.29) is 11.9 Å². The van der Waals surface area contributed by atoms with E-state index in [1.165, 1.54) is 31.7 Å². The lowest BCUT2D eigenvalue weighted by Crippen LogP contribution is -2.08. The van der Waals surface area contributed by atoms with E-state index in [9.17, 15) is 13.0 Å². The highest BCUT2D eigenvalue weighted by atomic mass is 32.3. The number of para-hydroxylation sites is 1. The topological polar surface area (TPSA) is 103 Å². The predicted octanol–water partition coefficient (Wildman–Crippen LogP) is 3.80. The largest absolute Gasteiger partial charge is 0.716 e. The molecule has 0 bridgehead atoms. The highest BCUT2D eigenvalue weighted by molar-refractivity contribution is 7.81. The first-order valence-electron chi connectivity index (χ1n) is 6.76. The molecule has 0 aliphatic carbocycles. The molecule has 0 aliphatic heterocycles. The van der Waals surface area contributed by atoms with Crippen LogP contribution in [0.5, 0.6) is 5.75 Å². The van der Waals surface area contributed by atoms with E-state index < -0.39 is 10.4 Å². The van der Waals surface area contributed by atoms with Gasteiger partial charge < -0.3 is 14.9 Å². The Kier molecular flexibility index (Phi) is 9.20. The average molecular weight is 303 g/mol. The van der Waals surface area contributed by atoms with Crippen LogP contribution in [0, 0.1) is 0 Å². The number of benzene rings is 1. The smallest absolute Gasteiger partial charge is 0.262 e. The summed E-state index contributed by atoms with van der Waals surface area (Å²) in [5.41, 5.74) is 0.775. The molecule has 0 fully saturated rings. The minimum atomic E-state index is -4.69. The Morgan fingerprint density at radius 1 is 1.05 bits per heavy atom. The second kappa shape index (κ2) is 9.74. The van der Waals surface area contributed by atoms with Gasteiger partial charge in [0.1, 0.15) is 5.75 Å². The summed E-state index contributed by atoms with van der Waals surface area (Å²) in [6.45, 7) is 2.18. The Morgan fingerprint density at radius 3 is 2.30 bits per heavy atom. The molecule has 6 heteroatoms. The summed E-state index contributed by atoms with van der Waals surface area (Å²) in [6, 6.07) is 6.79. The van der Waals surface area contributed by atoms with E-state index in [0.29, 0.717) is 0 Å². The van der Waals surface area contributed by atoms with Crippen LogP contribution in [0.4, 0.5) is 0 Å². The molecule has 1 aromatic carbocycles. The summed E-state index contributed by atoms with van der Waals surface area (Å²) in [6.07, 6.45) is 7.73. The van der Waals surface area contributed by atoms with Gasteiger partial charge in [0, 0.05) is 0 Å². The van der Waals surface area contributed by atoms with Crippen LogP contribution < -0.4 is 10.3 Å². The van der Waals surface area contributed by atoms with Crippen LogP contribution in [0.1, 0.15) is 51.0 Å². The zero-order valence-corrected chi connectivity index (χ0v) is 13.1. The van der Waals surface area contributed by atoms with E-state index in [0.717, 1.165) is 24.8 Å². The van der Waals surface area contributed by atoms with Gasteiger partial charge in [0.15, 0.2) is 0 Å². The van der Waals surface area contributed by atoms with Crippen molar-refractivity contribution in [3.05, 3.63) is 29.8 Å². The number of unbranched alkanes of at least 4 members (excludes halogenated alkanes) is 5. The molecule has 0 aromatic heterocycles. The van der Waals surface area contributed by atoms with Crippen molar-refractivity contribution in [2.75, 3.05) is 0 Å². The van der Waals surface area contributed by atoms with Gasteiger partial charge >= 0.3 is 0 Å². The first-order valence-corrected chi connectivity index (χ1v) is 8.09. The second-order valence-electron chi connectivity index (χ2n) is 4.62. The van der Waals surface area contributed by atoms with Crippen LogP contribution in [0.2, 0.25) is 0 Å². The Balaban J connectivity index is 0.00000361. The molecule has 1 aromatic rings. The lowest BCUT2D eigenvalue weighted by atomic mass is 10.0. The number of quaternary nitrogens is 1. The molecule has 0 radical (unpaired) electrons. The third kappa shape index (κ3) is 8.14. The first kappa shape index (κ1) is 18.9. The summed E-state index contributed by atoms with van der Waals surface area (Å²) in [5.74, 6) is 0.158. The lowest BCUT2D eigenvalue weighted by Gasteiger charge is -2.12. The fraction of sp³-hybridized carbons (Fsp3) is 0.571. The maximum atomic E-state index is 10.6. The lowest BCUT2D eigenvalue weighted by molar-refractivity contribution is 0.370. The Bertz CT molecular complexity index is 474. The van der Waals surface area contributed by atoms with Crippen molar-refractivity contribution >= 4 is 10.4 Å². The normalized spacial score (nSPS) is 10.9. The van der Waals surface area contributed by atoms with Crippen LogP contribution in [0.15, 0.2) is 24.3 Å². The number of aryl methyl sites for hydroxylation is 1. The molecular formula is C14H25NO4S. The van der Waals surface area contributed by atoms with Gasteiger partial charge in [0.25, 0.3) is 10.4 Å². The Labute approximate surface area is 121 Å². The summed E-state index contributed by atoms with van der Waals surface area (Å²) in [7, 11) is -4.69. The Morgan fingerprint density at radius 2 is 1.65 bits per heavy atom. The fourth-order valence-electron chi connectivity index (χ4n) is 2.00. The molecule has 116 valence electrons. The SMILES string of the molecule is CCCCCCCCc1ccccc1OS(=O)(=O)[O-].[NH4+]. The molecular weight excluding hydrogens is 278 g/mol. The molecule has 0 saturated carbocycles. The average Bonchev–Trinajstić information content (AvgIpc) is 2.33. The molecule has 0 aliphatic rings. The van der Waals surface area contributed by atoms with Crippen LogP contribution >= 0.6 is 0 Å². The van der Waals surface area contributed by atoms with E-state index in [1.54, 1.807) is 12.1 Å². The van der Waals surface area contributed by atoms with Gasteiger partial charge in [-0.3, -0.25) is 0 Å². The number of hydrogen-bond acceptors (Lipinski definition) is 4. The van der Waals surface area contributed by atoms with Crippen LogP contribution in [-0.2, 0) is 16.8 Å². The monoisotopic (exact) mass is 303 g/mol. The van der Waals surface area contributed by atoms with Crippen molar-refractivity contribution in [3.63, 3.8) is 0 Å². The fourth-order valence-corrected chi connectivity index (χ4v) is 2.38. The van der Waals surface area contributed by atoms with E-state index >= 15 is 0 Å². The molecule has 0 spiro atoms. The van der Waals surface area contributed by atoms with Gasteiger partial charge in [-0.1, -0.05) is 57.2 Å². The first-order chi connectivity index (χ1) is 9.03. The van der Waals surface area contributed by atoms with Gasteiger partial charge in [-0.15, -0.1) is 0 Å². The minimum Gasteiger partial charge on any atom is -0.716 e. The Hall–Kier alpha value is -1.11. The van der Waals surface area contributed by atoms with Crippen molar-refractivity contribution in [2.45, 2.75) is 51.9 Å². The van der Waals surface area contributed by atoms with Gasteiger partial charge in [-0.05, 0) is 24.5 Å². The molecule has 4 N–H and O–H groups in total. The standard InChI is InChI=1S/C14H22O4S.H3N/c1-2-3-4-5-6-7-10-13-11-8-9-12-14(13)18-19(15,16)17;/h8-9,11-12H,2-7,10H2,1H3,(H,15,16,17);1H3. The van der Waals surface area contributed by atoms with Crippen molar-refractivity contribution < 1.29 is 17.2 Å². The molecule has 0 heterocycles. The summed E-state index contributed by atoms with van der Waals surface area (Å²) in [4.78, 5) is 0. The zero-order valence-electron chi connectivity index (χ0n) is 12.3. The maximum absolute atomic E-state index is 10.6. The van der Waals surface area contributed by atoms with Gasteiger partial charge in [0.05, 0.1) is 0 Å². The number of rotatable bonds is 9. The molecule has 0 atom stereocenters.